The van der Waals surface area contributed by atoms with Crippen LogP contribution >= 0.6 is 11.3 Å². The first kappa shape index (κ1) is 12.1. The van der Waals surface area contributed by atoms with E-state index in [1.165, 1.54) is 37.0 Å². The molecule has 1 aromatic rings. The number of hydrogen-bond acceptors (Lipinski definition) is 2. The van der Waals surface area contributed by atoms with Crippen LogP contribution in [-0.2, 0) is 0 Å². The molecule has 0 aromatic carbocycles. The molecule has 0 aliphatic heterocycles. The summed E-state index contributed by atoms with van der Waals surface area (Å²) in [5.74, 6) is 0.879. The van der Waals surface area contributed by atoms with Crippen LogP contribution in [-0.4, -0.2) is 6.54 Å². The van der Waals surface area contributed by atoms with Crippen LogP contribution in [0.25, 0.3) is 0 Å². The van der Waals surface area contributed by atoms with Gasteiger partial charge in [0.2, 0.25) is 0 Å². The van der Waals surface area contributed by atoms with E-state index in [1.807, 2.05) is 11.3 Å². The van der Waals surface area contributed by atoms with Gasteiger partial charge in [0.1, 0.15) is 0 Å². The number of aryl methyl sites for hydroxylation is 1. The molecule has 1 unspecified atom stereocenters. The quantitative estimate of drug-likeness (QED) is 0.805. The molecule has 1 aliphatic carbocycles. The highest BCUT2D eigenvalue weighted by Gasteiger charge is 2.26. The molecular weight excluding hydrogens is 214 g/mol. The second kappa shape index (κ2) is 5.83. The zero-order valence-electron chi connectivity index (χ0n) is 10.5. The van der Waals surface area contributed by atoms with Gasteiger partial charge in [0.15, 0.2) is 0 Å². The molecule has 1 heterocycles. The number of rotatable bonds is 5. The molecule has 1 fully saturated rings. The molecule has 2 rings (SSSR count). The largest absolute Gasteiger partial charge is 0.309 e. The number of hydrogen-bond donors (Lipinski definition) is 1. The maximum atomic E-state index is 3.75. The third-order valence-corrected chi connectivity index (χ3v) is 4.64. The first-order chi connectivity index (χ1) is 7.81. The van der Waals surface area contributed by atoms with Gasteiger partial charge in [-0.1, -0.05) is 19.8 Å². The highest BCUT2D eigenvalue weighted by molar-refractivity contribution is 7.12. The lowest BCUT2D eigenvalue weighted by molar-refractivity contribution is 0.373. The SMILES string of the molecule is CCCNC(c1ccc(C)s1)C1CCCC1. The lowest BCUT2D eigenvalue weighted by atomic mass is 9.96. The Kier molecular flexibility index (Phi) is 4.42. The standard InChI is InChI=1S/C14H23NS/c1-3-10-15-14(12-6-4-5-7-12)13-9-8-11(2)16-13/h8-9,12,14-15H,3-7,10H2,1-2H3. The maximum absolute atomic E-state index is 3.75. The summed E-state index contributed by atoms with van der Waals surface area (Å²) in [5.41, 5.74) is 0. The first-order valence-electron chi connectivity index (χ1n) is 6.61. The summed E-state index contributed by atoms with van der Waals surface area (Å²) >= 11 is 1.97. The van der Waals surface area contributed by atoms with Gasteiger partial charge in [-0.2, -0.15) is 0 Å². The van der Waals surface area contributed by atoms with E-state index in [0.717, 1.165) is 12.5 Å². The van der Waals surface area contributed by atoms with E-state index < -0.39 is 0 Å². The van der Waals surface area contributed by atoms with Crippen molar-refractivity contribution < 1.29 is 0 Å². The molecule has 1 aromatic heterocycles. The smallest absolute Gasteiger partial charge is 0.0443 e. The van der Waals surface area contributed by atoms with Crippen molar-refractivity contribution in [1.82, 2.24) is 5.32 Å². The van der Waals surface area contributed by atoms with Crippen LogP contribution < -0.4 is 5.32 Å². The molecule has 1 atom stereocenters. The monoisotopic (exact) mass is 237 g/mol. The Morgan fingerprint density at radius 1 is 1.38 bits per heavy atom. The van der Waals surface area contributed by atoms with Gasteiger partial charge in [0.25, 0.3) is 0 Å². The fraction of sp³-hybridized carbons (Fsp3) is 0.714. The maximum Gasteiger partial charge on any atom is 0.0443 e. The second-order valence-electron chi connectivity index (χ2n) is 4.92. The lowest BCUT2D eigenvalue weighted by Crippen LogP contribution is -2.27. The fourth-order valence-electron chi connectivity index (χ4n) is 2.71. The molecule has 0 spiro atoms. The van der Waals surface area contributed by atoms with E-state index in [-0.39, 0.29) is 0 Å². The minimum Gasteiger partial charge on any atom is -0.309 e. The minimum atomic E-state index is 0.626. The molecule has 1 saturated carbocycles. The Bertz CT molecular complexity index is 312. The molecule has 1 aliphatic rings. The van der Waals surface area contributed by atoms with Crippen LogP contribution in [0, 0.1) is 12.8 Å². The van der Waals surface area contributed by atoms with Crippen LogP contribution in [0.4, 0.5) is 0 Å². The van der Waals surface area contributed by atoms with Gasteiger partial charge in [-0.25, -0.2) is 0 Å². The summed E-state index contributed by atoms with van der Waals surface area (Å²) in [7, 11) is 0. The van der Waals surface area contributed by atoms with E-state index in [0.29, 0.717) is 6.04 Å². The van der Waals surface area contributed by atoms with Crippen molar-refractivity contribution in [1.29, 1.82) is 0 Å². The minimum absolute atomic E-state index is 0.626. The van der Waals surface area contributed by atoms with E-state index in [9.17, 15) is 0 Å². The fourth-order valence-corrected chi connectivity index (χ4v) is 3.76. The molecule has 0 bridgehead atoms. The lowest BCUT2D eigenvalue weighted by Gasteiger charge is -2.23. The zero-order valence-corrected chi connectivity index (χ0v) is 11.3. The molecule has 0 radical (unpaired) electrons. The molecule has 0 amide bonds. The Hall–Kier alpha value is -0.340. The molecular formula is C14H23NS. The Labute approximate surface area is 103 Å². The molecule has 90 valence electrons. The van der Waals surface area contributed by atoms with Crippen molar-refractivity contribution in [3.8, 4) is 0 Å². The van der Waals surface area contributed by atoms with Gasteiger partial charge in [-0.05, 0) is 50.8 Å². The third-order valence-electron chi connectivity index (χ3n) is 3.55. The molecule has 2 heteroatoms. The number of thiophene rings is 1. The van der Waals surface area contributed by atoms with Crippen LogP contribution in [0.2, 0.25) is 0 Å². The topological polar surface area (TPSA) is 12.0 Å². The van der Waals surface area contributed by atoms with E-state index in [1.54, 1.807) is 4.88 Å². The van der Waals surface area contributed by atoms with Crippen LogP contribution in [0.1, 0.15) is 54.8 Å². The highest BCUT2D eigenvalue weighted by atomic mass is 32.1. The molecule has 0 saturated heterocycles. The van der Waals surface area contributed by atoms with Gasteiger partial charge < -0.3 is 5.32 Å². The van der Waals surface area contributed by atoms with E-state index in [2.05, 4.69) is 31.3 Å². The van der Waals surface area contributed by atoms with Gasteiger partial charge in [0, 0.05) is 15.8 Å². The average molecular weight is 237 g/mol. The predicted octanol–water partition coefficient (Wildman–Crippen LogP) is 4.29. The Balaban J connectivity index is 2.06. The zero-order chi connectivity index (χ0) is 11.4. The summed E-state index contributed by atoms with van der Waals surface area (Å²) < 4.78 is 0. The van der Waals surface area contributed by atoms with E-state index in [4.69, 9.17) is 0 Å². The molecule has 1 nitrogen and oxygen atoms in total. The number of nitrogens with one attached hydrogen (secondary N) is 1. The summed E-state index contributed by atoms with van der Waals surface area (Å²) in [6, 6.07) is 5.21. The molecule has 16 heavy (non-hydrogen) atoms. The van der Waals surface area contributed by atoms with Crippen molar-refractivity contribution in [3.63, 3.8) is 0 Å². The van der Waals surface area contributed by atoms with Crippen LogP contribution in [0.5, 0.6) is 0 Å². The van der Waals surface area contributed by atoms with Crippen LogP contribution in [0.3, 0.4) is 0 Å². The predicted molar refractivity (Wildman–Crippen MR) is 72.0 cm³/mol. The van der Waals surface area contributed by atoms with Crippen LogP contribution in [0.15, 0.2) is 12.1 Å². The summed E-state index contributed by atoms with van der Waals surface area (Å²) in [6.45, 7) is 5.61. The molecule has 1 N–H and O–H groups in total. The van der Waals surface area contributed by atoms with Gasteiger partial charge >= 0.3 is 0 Å². The average Bonchev–Trinajstić information content (AvgIpc) is 2.91. The summed E-state index contributed by atoms with van der Waals surface area (Å²) in [6.07, 6.45) is 6.92. The summed E-state index contributed by atoms with van der Waals surface area (Å²) in [5, 5.41) is 3.75. The van der Waals surface area contributed by atoms with Crippen molar-refractivity contribution in [3.05, 3.63) is 21.9 Å². The Morgan fingerprint density at radius 2 is 2.12 bits per heavy atom. The highest BCUT2D eigenvalue weighted by Crippen LogP contribution is 2.38. The van der Waals surface area contributed by atoms with E-state index >= 15 is 0 Å². The van der Waals surface area contributed by atoms with Gasteiger partial charge in [-0.3, -0.25) is 0 Å². The Morgan fingerprint density at radius 3 is 2.69 bits per heavy atom. The van der Waals surface area contributed by atoms with Gasteiger partial charge in [-0.15, -0.1) is 11.3 Å². The summed E-state index contributed by atoms with van der Waals surface area (Å²) in [4.78, 5) is 2.99. The van der Waals surface area contributed by atoms with Crippen molar-refractivity contribution in [2.75, 3.05) is 6.54 Å². The van der Waals surface area contributed by atoms with Crippen molar-refractivity contribution in [2.45, 2.75) is 52.0 Å². The van der Waals surface area contributed by atoms with Gasteiger partial charge in [0.05, 0.1) is 0 Å². The second-order valence-corrected chi connectivity index (χ2v) is 6.24. The van der Waals surface area contributed by atoms with Crippen molar-refractivity contribution in [2.24, 2.45) is 5.92 Å². The first-order valence-corrected chi connectivity index (χ1v) is 7.42. The van der Waals surface area contributed by atoms with Crippen molar-refractivity contribution >= 4 is 11.3 Å². The third kappa shape index (κ3) is 2.86. The normalized spacial score (nSPS) is 19.1.